The molecule has 212 valence electrons. The molecule has 0 spiro atoms. The van der Waals surface area contributed by atoms with Gasteiger partial charge >= 0.3 is 5.97 Å². The lowest BCUT2D eigenvalue weighted by molar-refractivity contribution is -0.140. The number of thioether (sulfide) groups is 1. The van der Waals surface area contributed by atoms with E-state index in [2.05, 4.69) is 15.8 Å². The zero-order valence-corrected chi connectivity index (χ0v) is 23.4. The minimum absolute atomic E-state index is 0.0352. The Kier molecular flexibility index (Phi) is 11.3. The number of Topliss-reactive ketones (excluding diaryl/α,β-unsaturated/α-hetero) is 1. The summed E-state index contributed by atoms with van der Waals surface area (Å²) in [5.41, 5.74) is 2.94. The summed E-state index contributed by atoms with van der Waals surface area (Å²) in [6.45, 7) is 3.50. The van der Waals surface area contributed by atoms with Crippen molar-refractivity contribution < 1.29 is 33.5 Å². The number of carbonyl (C=O) groups excluding carboxylic acids is 3. The van der Waals surface area contributed by atoms with Crippen molar-refractivity contribution in [2.24, 2.45) is 5.92 Å². The number of amides is 2. The number of hydrogen-bond acceptors (Lipinski definition) is 8. The van der Waals surface area contributed by atoms with Crippen LogP contribution >= 0.6 is 11.8 Å². The van der Waals surface area contributed by atoms with Crippen LogP contribution in [0.15, 0.2) is 65.4 Å². The lowest BCUT2D eigenvalue weighted by Crippen LogP contribution is -2.54. The molecule has 2 atom stereocenters. The van der Waals surface area contributed by atoms with Gasteiger partial charge in [0.15, 0.2) is 5.78 Å². The molecular formula is C29H33N3O7S. The fourth-order valence-electron chi connectivity index (χ4n) is 4.00. The smallest absolute Gasteiger partial charge is 0.305 e. The van der Waals surface area contributed by atoms with Gasteiger partial charge in [-0.25, -0.2) is 0 Å². The first-order chi connectivity index (χ1) is 19.2. The highest BCUT2D eigenvalue weighted by Crippen LogP contribution is 2.26. The lowest BCUT2D eigenvalue weighted by atomic mass is 10.0. The quantitative estimate of drug-likeness (QED) is 0.251. The standard InChI is InChI=1S/C29H33N3O7S/c1-18(2)28(31-26(34)14-21-13-20(9-10-25(21)38-3)22-11-12-39-32-22)29(37)30-23(15-27(35)36)24(33)17-40-16-19-7-5-4-6-8-19/h4-13,18,23,28H,14-17H2,1-3H3,(H,30,37)(H,31,34)(H,35,36). The van der Waals surface area contributed by atoms with E-state index in [1.165, 1.54) is 25.1 Å². The van der Waals surface area contributed by atoms with Crippen LogP contribution in [0.1, 0.15) is 31.4 Å². The number of ketones is 1. The second-order valence-corrected chi connectivity index (χ2v) is 10.5. The highest BCUT2D eigenvalue weighted by Gasteiger charge is 2.30. The number of benzene rings is 2. The second-order valence-electron chi connectivity index (χ2n) is 9.48. The number of aliphatic carboxylic acids is 1. The molecular weight excluding hydrogens is 534 g/mol. The maximum absolute atomic E-state index is 13.2. The van der Waals surface area contributed by atoms with E-state index in [-0.39, 0.29) is 18.1 Å². The van der Waals surface area contributed by atoms with Gasteiger partial charge < -0.3 is 25.0 Å². The number of methoxy groups -OCH3 is 1. The molecule has 0 fully saturated rings. The number of carboxylic acid groups (broad SMARTS) is 1. The minimum atomic E-state index is -1.22. The van der Waals surface area contributed by atoms with E-state index in [4.69, 9.17) is 9.26 Å². The van der Waals surface area contributed by atoms with Crippen molar-refractivity contribution in [1.29, 1.82) is 0 Å². The Morgan fingerprint density at radius 2 is 1.80 bits per heavy atom. The SMILES string of the molecule is COc1ccc(-c2ccon2)cc1CC(=O)NC(C(=O)NC(CC(=O)O)C(=O)CSCc1ccccc1)C(C)C. The van der Waals surface area contributed by atoms with Gasteiger partial charge in [-0.1, -0.05) is 49.3 Å². The molecule has 0 saturated carbocycles. The third kappa shape index (κ3) is 8.98. The molecule has 0 aliphatic carbocycles. The Bertz CT molecular complexity index is 1300. The van der Waals surface area contributed by atoms with Gasteiger partial charge in [-0.3, -0.25) is 19.2 Å². The normalized spacial score (nSPS) is 12.4. The number of hydrogen-bond donors (Lipinski definition) is 3. The van der Waals surface area contributed by atoms with Crippen LogP contribution in [0, 0.1) is 5.92 Å². The van der Waals surface area contributed by atoms with Gasteiger partial charge in [0, 0.05) is 22.9 Å². The molecule has 1 aromatic heterocycles. The summed E-state index contributed by atoms with van der Waals surface area (Å²) < 4.78 is 10.3. The van der Waals surface area contributed by atoms with Gasteiger partial charge in [-0.2, -0.15) is 0 Å². The van der Waals surface area contributed by atoms with Crippen molar-refractivity contribution in [3.05, 3.63) is 72.0 Å². The lowest BCUT2D eigenvalue weighted by Gasteiger charge is -2.25. The maximum Gasteiger partial charge on any atom is 0.305 e. The van der Waals surface area contributed by atoms with E-state index in [0.29, 0.717) is 22.8 Å². The fourth-order valence-corrected chi connectivity index (χ4v) is 4.93. The Morgan fingerprint density at radius 3 is 2.42 bits per heavy atom. The number of aromatic nitrogens is 1. The first kappa shape index (κ1) is 30.4. The fraction of sp³-hybridized carbons (Fsp3) is 0.345. The minimum Gasteiger partial charge on any atom is -0.496 e. The number of carboxylic acids is 1. The molecule has 3 rings (SSSR count). The first-order valence-corrected chi connectivity index (χ1v) is 13.9. The highest BCUT2D eigenvalue weighted by molar-refractivity contribution is 7.99. The van der Waals surface area contributed by atoms with Crippen LogP contribution in [0.25, 0.3) is 11.3 Å². The number of nitrogens with zero attached hydrogens (tertiary/aromatic N) is 1. The zero-order valence-electron chi connectivity index (χ0n) is 22.6. The third-order valence-electron chi connectivity index (χ3n) is 6.07. The van der Waals surface area contributed by atoms with E-state index < -0.39 is 42.1 Å². The summed E-state index contributed by atoms with van der Waals surface area (Å²) in [5, 5.41) is 18.5. The summed E-state index contributed by atoms with van der Waals surface area (Å²) in [6.07, 6.45) is 0.808. The molecule has 2 unspecified atom stereocenters. The Balaban J connectivity index is 1.65. The van der Waals surface area contributed by atoms with Gasteiger partial charge in [-0.15, -0.1) is 11.8 Å². The van der Waals surface area contributed by atoms with Crippen molar-refractivity contribution in [3.63, 3.8) is 0 Å². The molecule has 2 aromatic carbocycles. The molecule has 3 N–H and O–H groups in total. The molecule has 40 heavy (non-hydrogen) atoms. The molecule has 10 nitrogen and oxygen atoms in total. The van der Waals surface area contributed by atoms with Crippen LogP contribution in [0.2, 0.25) is 0 Å². The van der Waals surface area contributed by atoms with E-state index in [1.807, 2.05) is 30.3 Å². The summed E-state index contributed by atoms with van der Waals surface area (Å²) in [6, 6.07) is 14.3. The average Bonchev–Trinajstić information content (AvgIpc) is 3.46. The molecule has 0 aliphatic heterocycles. The monoisotopic (exact) mass is 567 g/mol. The Morgan fingerprint density at radius 1 is 1.05 bits per heavy atom. The van der Waals surface area contributed by atoms with Gasteiger partial charge in [0.2, 0.25) is 11.8 Å². The molecule has 2 amide bonds. The van der Waals surface area contributed by atoms with Crippen LogP contribution < -0.4 is 15.4 Å². The topological polar surface area (TPSA) is 148 Å². The van der Waals surface area contributed by atoms with E-state index in [1.54, 1.807) is 38.1 Å². The van der Waals surface area contributed by atoms with Crippen LogP contribution in [0.5, 0.6) is 5.75 Å². The Labute approximate surface area is 236 Å². The average molecular weight is 568 g/mol. The van der Waals surface area contributed by atoms with Crippen LogP contribution in [0.3, 0.4) is 0 Å². The molecule has 1 heterocycles. The maximum atomic E-state index is 13.2. The molecule has 0 bridgehead atoms. The van der Waals surface area contributed by atoms with E-state index in [0.717, 1.165) is 11.1 Å². The van der Waals surface area contributed by atoms with Crippen LogP contribution in [-0.4, -0.2) is 58.8 Å². The first-order valence-electron chi connectivity index (χ1n) is 12.7. The molecule has 0 radical (unpaired) electrons. The summed E-state index contributed by atoms with van der Waals surface area (Å²) in [7, 11) is 1.49. The van der Waals surface area contributed by atoms with Crippen molar-refractivity contribution >= 4 is 35.3 Å². The summed E-state index contributed by atoms with van der Waals surface area (Å²) >= 11 is 1.34. The van der Waals surface area contributed by atoms with Crippen LogP contribution in [-0.2, 0) is 31.4 Å². The zero-order chi connectivity index (χ0) is 29.1. The van der Waals surface area contributed by atoms with Gasteiger partial charge in [0.1, 0.15) is 23.7 Å². The Hall–Kier alpha value is -4.12. The van der Waals surface area contributed by atoms with Gasteiger partial charge in [0.25, 0.3) is 0 Å². The van der Waals surface area contributed by atoms with Crippen molar-refractivity contribution in [3.8, 4) is 17.0 Å². The number of rotatable bonds is 15. The second kappa shape index (κ2) is 14.9. The largest absolute Gasteiger partial charge is 0.496 e. The van der Waals surface area contributed by atoms with Crippen molar-refractivity contribution in [2.75, 3.05) is 12.9 Å². The number of nitrogens with one attached hydrogen (secondary N) is 2. The third-order valence-corrected chi connectivity index (χ3v) is 7.10. The summed E-state index contributed by atoms with van der Waals surface area (Å²) in [4.78, 5) is 50.5. The van der Waals surface area contributed by atoms with Gasteiger partial charge in [-0.05, 0) is 29.7 Å². The predicted octanol–water partition coefficient (Wildman–Crippen LogP) is 3.50. The highest BCUT2D eigenvalue weighted by atomic mass is 32.2. The molecule has 0 aliphatic rings. The predicted molar refractivity (Wildman–Crippen MR) is 151 cm³/mol. The molecule has 0 saturated heterocycles. The molecule has 3 aromatic rings. The van der Waals surface area contributed by atoms with E-state index >= 15 is 0 Å². The van der Waals surface area contributed by atoms with Crippen molar-refractivity contribution in [1.82, 2.24) is 15.8 Å². The van der Waals surface area contributed by atoms with Gasteiger partial charge in [0.05, 0.1) is 31.7 Å². The number of ether oxygens (including phenoxy) is 1. The van der Waals surface area contributed by atoms with Crippen LogP contribution in [0.4, 0.5) is 0 Å². The number of carbonyl (C=O) groups is 4. The van der Waals surface area contributed by atoms with E-state index in [9.17, 15) is 24.3 Å². The van der Waals surface area contributed by atoms with Crippen molar-refractivity contribution in [2.45, 2.75) is 44.5 Å². The summed E-state index contributed by atoms with van der Waals surface area (Å²) in [5.74, 6) is -1.91. The molecule has 11 heteroatoms.